The van der Waals surface area contributed by atoms with Gasteiger partial charge in [-0.1, -0.05) is 182 Å². The van der Waals surface area contributed by atoms with Crippen molar-refractivity contribution in [3.63, 3.8) is 0 Å². The molecule has 0 aliphatic heterocycles. The van der Waals surface area contributed by atoms with E-state index in [2.05, 4.69) is 217 Å². The smallest absolute Gasteiger partial charge is 0.143 e. The van der Waals surface area contributed by atoms with Gasteiger partial charge < -0.3 is 9.32 Å². The molecule has 2 heteroatoms. The number of anilines is 3. The molecule has 272 valence electrons. The molecule has 0 spiro atoms. The van der Waals surface area contributed by atoms with Crippen molar-refractivity contribution in [2.45, 2.75) is 0 Å². The van der Waals surface area contributed by atoms with E-state index in [0.717, 1.165) is 61.3 Å². The van der Waals surface area contributed by atoms with Crippen LogP contribution in [0.3, 0.4) is 0 Å². The predicted octanol–water partition coefficient (Wildman–Crippen LogP) is 16.0. The highest BCUT2D eigenvalue weighted by molar-refractivity contribution is 6.09. The normalized spacial score (nSPS) is 11.4. The monoisotopic (exact) mass is 739 g/mol. The van der Waals surface area contributed by atoms with Gasteiger partial charge in [-0.15, -0.1) is 0 Å². The number of rotatable bonds is 7. The molecule has 0 aliphatic carbocycles. The van der Waals surface area contributed by atoms with E-state index in [1.807, 2.05) is 12.1 Å². The first-order chi connectivity index (χ1) is 28.7. The number of hydrogen-bond acceptors (Lipinski definition) is 2. The number of furan rings is 1. The molecule has 0 radical (unpaired) electrons. The van der Waals surface area contributed by atoms with Crippen LogP contribution in [0.1, 0.15) is 0 Å². The van der Waals surface area contributed by atoms with Crippen LogP contribution in [-0.4, -0.2) is 0 Å². The first kappa shape index (κ1) is 33.6. The van der Waals surface area contributed by atoms with Crippen LogP contribution in [0, 0.1) is 0 Å². The van der Waals surface area contributed by atoms with E-state index in [9.17, 15) is 0 Å². The lowest BCUT2D eigenvalue weighted by Crippen LogP contribution is -2.11. The minimum Gasteiger partial charge on any atom is -0.455 e. The van der Waals surface area contributed by atoms with E-state index in [4.69, 9.17) is 4.42 Å². The largest absolute Gasteiger partial charge is 0.455 e. The van der Waals surface area contributed by atoms with E-state index < -0.39 is 0 Å². The third-order valence-corrected chi connectivity index (χ3v) is 11.5. The average molecular weight is 740 g/mol. The Kier molecular flexibility index (Phi) is 8.19. The number of hydrogen-bond donors (Lipinski definition) is 0. The summed E-state index contributed by atoms with van der Waals surface area (Å²) < 4.78 is 6.45. The summed E-state index contributed by atoms with van der Waals surface area (Å²) in [7, 11) is 0. The van der Waals surface area contributed by atoms with Crippen molar-refractivity contribution in [1.82, 2.24) is 0 Å². The van der Waals surface area contributed by atoms with Gasteiger partial charge >= 0.3 is 0 Å². The summed E-state index contributed by atoms with van der Waals surface area (Å²) in [4.78, 5) is 2.40. The highest BCUT2D eigenvalue weighted by atomic mass is 16.3. The summed E-state index contributed by atoms with van der Waals surface area (Å²) in [5.41, 5.74) is 14.3. The highest BCUT2D eigenvalue weighted by Crippen LogP contribution is 2.44. The van der Waals surface area contributed by atoms with Crippen molar-refractivity contribution in [3.05, 3.63) is 224 Å². The maximum Gasteiger partial charge on any atom is 0.143 e. The number of para-hydroxylation sites is 3. The first-order valence-electron chi connectivity index (χ1n) is 19.8. The van der Waals surface area contributed by atoms with Crippen molar-refractivity contribution in [2.75, 3.05) is 4.90 Å². The van der Waals surface area contributed by atoms with E-state index in [1.165, 1.54) is 43.8 Å². The van der Waals surface area contributed by atoms with Gasteiger partial charge in [0.2, 0.25) is 0 Å². The third kappa shape index (κ3) is 5.91. The first-order valence-corrected chi connectivity index (χ1v) is 19.8. The maximum atomic E-state index is 6.45. The van der Waals surface area contributed by atoms with Crippen LogP contribution >= 0.6 is 0 Å². The van der Waals surface area contributed by atoms with Crippen molar-refractivity contribution in [3.8, 4) is 44.5 Å². The molecule has 0 saturated heterocycles. The molecule has 0 saturated carbocycles. The summed E-state index contributed by atoms with van der Waals surface area (Å²) >= 11 is 0. The molecule has 0 amide bonds. The summed E-state index contributed by atoms with van der Waals surface area (Å²) in [5, 5.41) is 7.23. The van der Waals surface area contributed by atoms with Crippen molar-refractivity contribution >= 4 is 60.5 Å². The molecular formula is C56H37NO. The second-order valence-electron chi connectivity index (χ2n) is 14.9. The summed E-state index contributed by atoms with van der Waals surface area (Å²) in [6.07, 6.45) is 0. The van der Waals surface area contributed by atoms with E-state index in [-0.39, 0.29) is 0 Å². The zero-order valence-corrected chi connectivity index (χ0v) is 31.7. The Morgan fingerprint density at radius 1 is 0.293 bits per heavy atom. The lowest BCUT2D eigenvalue weighted by molar-refractivity contribution is 0.670. The molecule has 11 rings (SSSR count). The number of fused-ring (bicyclic) bond motifs is 5. The lowest BCUT2D eigenvalue weighted by Gasteiger charge is -2.28. The lowest BCUT2D eigenvalue weighted by atomic mass is 9.96. The van der Waals surface area contributed by atoms with Gasteiger partial charge in [-0.05, 0) is 97.4 Å². The summed E-state index contributed by atoms with van der Waals surface area (Å²) in [6, 6.07) is 80.7. The second-order valence-corrected chi connectivity index (χ2v) is 14.9. The van der Waals surface area contributed by atoms with Crippen LogP contribution in [0.25, 0.3) is 88.0 Å². The predicted molar refractivity (Wildman–Crippen MR) is 245 cm³/mol. The molecule has 0 bridgehead atoms. The average Bonchev–Trinajstić information content (AvgIpc) is 3.69. The molecule has 0 aliphatic rings. The molecule has 1 heterocycles. The topological polar surface area (TPSA) is 16.4 Å². The Labute approximate surface area is 337 Å². The van der Waals surface area contributed by atoms with Crippen LogP contribution in [-0.2, 0) is 0 Å². The molecule has 1 aromatic heterocycles. The molecular weight excluding hydrogens is 703 g/mol. The molecule has 2 nitrogen and oxygen atoms in total. The van der Waals surface area contributed by atoms with Gasteiger partial charge in [0.15, 0.2) is 0 Å². The second kappa shape index (κ2) is 14.1. The van der Waals surface area contributed by atoms with Gasteiger partial charge in [-0.3, -0.25) is 0 Å². The third-order valence-electron chi connectivity index (χ3n) is 11.5. The Bertz CT molecular complexity index is 3280. The van der Waals surface area contributed by atoms with Crippen LogP contribution in [0.15, 0.2) is 229 Å². The number of benzene rings is 10. The van der Waals surface area contributed by atoms with Crippen LogP contribution < -0.4 is 4.90 Å². The molecule has 10 aromatic carbocycles. The fourth-order valence-electron chi connectivity index (χ4n) is 8.61. The van der Waals surface area contributed by atoms with Gasteiger partial charge in [-0.25, -0.2) is 0 Å². The SMILES string of the molecule is c1cc(-c2cccc3ccccc23)cc(N(c2ccc(-c3cccc4c3oc3ccccc34)cc2)c2ccccc2-c2ccc(-c3ccc4ccccc4c3)cc2)c1. The van der Waals surface area contributed by atoms with Crippen molar-refractivity contribution in [2.24, 2.45) is 0 Å². The Hall–Kier alpha value is -7.68. The summed E-state index contributed by atoms with van der Waals surface area (Å²) in [6.45, 7) is 0. The number of nitrogens with zero attached hydrogens (tertiary/aromatic N) is 1. The fraction of sp³-hybridized carbons (Fsp3) is 0. The molecule has 11 aromatic rings. The van der Waals surface area contributed by atoms with Crippen molar-refractivity contribution < 1.29 is 4.42 Å². The van der Waals surface area contributed by atoms with Crippen molar-refractivity contribution in [1.29, 1.82) is 0 Å². The molecule has 0 N–H and O–H groups in total. The van der Waals surface area contributed by atoms with Gasteiger partial charge in [0.1, 0.15) is 11.2 Å². The highest BCUT2D eigenvalue weighted by Gasteiger charge is 2.19. The molecule has 0 atom stereocenters. The van der Waals surface area contributed by atoms with Gasteiger partial charge in [-0.2, -0.15) is 0 Å². The Morgan fingerprint density at radius 3 is 1.76 bits per heavy atom. The zero-order valence-electron chi connectivity index (χ0n) is 31.7. The minimum absolute atomic E-state index is 0.903. The molecule has 0 unspecified atom stereocenters. The van der Waals surface area contributed by atoms with Crippen LogP contribution in [0.4, 0.5) is 17.1 Å². The van der Waals surface area contributed by atoms with E-state index in [1.54, 1.807) is 0 Å². The Balaban J connectivity index is 1.04. The van der Waals surface area contributed by atoms with E-state index >= 15 is 0 Å². The van der Waals surface area contributed by atoms with Crippen LogP contribution in [0.5, 0.6) is 0 Å². The fourth-order valence-corrected chi connectivity index (χ4v) is 8.61. The van der Waals surface area contributed by atoms with Crippen LogP contribution in [0.2, 0.25) is 0 Å². The molecule has 0 fully saturated rings. The van der Waals surface area contributed by atoms with Gasteiger partial charge in [0, 0.05) is 33.3 Å². The standard InChI is InChI=1S/C56H37NO/c1-2-14-43-36-44(31-28-38(43)12-1)39-26-29-41(30-27-39)50-19-5-7-24-54(50)57(47-17-9-16-45(37-47)49-21-10-15-40-13-3-4-18-48(40)49)46-34-32-42(33-35-46)51-22-11-23-53-52-20-6-8-25-55(52)58-56(51)53/h1-37H. The maximum absolute atomic E-state index is 6.45. The Morgan fingerprint density at radius 2 is 0.879 bits per heavy atom. The quantitative estimate of drug-likeness (QED) is 0.162. The zero-order chi connectivity index (χ0) is 38.4. The van der Waals surface area contributed by atoms with Gasteiger partial charge in [0.05, 0.1) is 5.69 Å². The molecule has 58 heavy (non-hydrogen) atoms. The van der Waals surface area contributed by atoms with Gasteiger partial charge in [0.25, 0.3) is 0 Å². The summed E-state index contributed by atoms with van der Waals surface area (Å²) in [5.74, 6) is 0. The van der Waals surface area contributed by atoms with E-state index in [0.29, 0.717) is 0 Å². The minimum atomic E-state index is 0.903.